The van der Waals surface area contributed by atoms with Gasteiger partial charge < -0.3 is 5.32 Å². The number of fused-ring (bicyclic) bond motifs is 1. The van der Waals surface area contributed by atoms with Crippen LogP contribution in [0.5, 0.6) is 0 Å². The Morgan fingerprint density at radius 2 is 1.81 bits per heavy atom. The van der Waals surface area contributed by atoms with E-state index in [9.17, 15) is 22.8 Å². The lowest BCUT2D eigenvalue weighted by molar-refractivity contribution is -0.137. The minimum absolute atomic E-state index is 0.100. The van der Waals surface area contributed by atoms with Gasteiger partial charge in [-0.15, -0.1) is 0 Å². The van der Waals surface area contributed by atoms with E-state index in [2.05, 4.69) is 15.9 Å². The zero-order valence-electron chi connectivity index (χ0n) is 7.48. The summed E-state index contributed by atoms with van der Waals surface area (Å²) in [6.45, 7) is 0. The summed E-state index contributed by atoms with van der Waals surface area (Å²) in [5, 5.41) is 1.92. The lowest BCUT2D eigenvalue weighted by Crippen LogP contribution is -2.13. The van der Waals surface area contributed by atoms with Crippen molar-refractivity contribution in [2.24, 2.45) is 0 Å². The Morgan fingerprint density at radius 1 is 1.19 bits per heavy atom. The number of carbonyl (C=O) groups excluding carboxylic acids is 2. The van der Waals surface area contributed by atoms with Crippen molar-refractivity contribution in [1.29, 1.82) is 0 Å². The fourth-order valence-corrected chi connectivity index (χ4v) is 1.89. The molecule has 0 atom stereocenters. The SMILES string of the molecule is O=C1Nc2c(cc(Br)cc2C(F)(F)F)C1=O. The van der Waals surface area contributed by atoms with Crippen LogP contribution in [0.15, 0.2) is 16.6 Å². The summed E-state index contributed by atoms with van der Waals surface area (Å²) in [6, 6.07) is 2.00. The van der Waals surface area contributed by atoms with Gasteiger partial charge in [0.05, 0.1) is 16.8 Å². The molecule has 0 saturated carbocycles. The summed E-state index contributed by atoms with van der Waals surface area (Å²) in [6.07, 6.45) is -4.62. The highest BCUT2D eigenvalue weighted by atomic mass is 79.9. The van der Waals surface area contributed by atoms with E-state index in [1.807, 2.05) is 5.32 Å². The number of amides is 1. The molecule has 16 heavy (non-hydrogen) atoms. The molecule has 0 aromatic heterocycles. The fraction of sp³-hybridized carbons (Fsp3) is 0.111. The van der Waals surface area contributed by atoms with E-state index in [0.717, 1.165) is 6.07 Å². The maximum absolute atomic E-state index is 12.6. The highest BCUT2D eigenvalue weighted by molar-refractivity contribution is 9.10. The van der Waals surface area contributed by atoms with Gasteiger partial charge in [-0.25, -0.2) is 0 Å². The van der Waals surface area contributed by atoms with Crippen LogP contribution < -0.4 is 5.32 Å². The van der Waals surface area contributed by atoms with Gasteiger partial charge in [-0.05, 0) is 12.1 Å². The number of rotatable bonds is 0. The fourth-order valence-electron chi connectivity index (χ4n) is 1.44. The number of carbonyl (C=O) groups is 2. The maximum Gasteiger partial charge on any atom is 0.418 e. The molecule has 0 unspecified atom stereocenters. The van der Waals surface area contributed by atoms with Gasteiger partial charge in [0.15, 0.2) is 0 Å². The summed E-state index contributed by atoms with van der Waals surface area (Å²) in [5.74, 6) is -2.00. The number of ketones is 1. The van der Waals surface area contributed by atoms with Gasteiger partial charge in [-0.3, -0.25) is 9.59 Å². The summed E-state index contributed by atoms with van der Waals surface area (Å²) >= 11 is 2.86. The molecule has 0 bridgehead atoms. The van der Waals surface area contributed by atoms with E-state index in [4.69, 9.17) is 0 Å². The second kappa shape index (κ2) is 3.31. The second-order valence-electron chi connectivity index (χ2n) is 3.16. The molecule has 1 aromatic rings. The normalized spacial score (nSPS) is 15.0. The van der Waals surface area contributed by atoms with Crippen LogP contribution >= 0.6 is 15.9 Å². The predicted molar refractivity (Wildman–Crippen MR) is 52.1 cm³/mol. The molecule has 1 aliphatic rings. The van der Waals surface area contributed by atoms with Gasteiger partial charge in [0.2, 0.25) is 0 Å². The summed E-state index contributed by atoms with van der Waals surface area (Å²) in [4.78, 5) is 22.2. The minimum atomic E-state index is -4.62. The van der Waals surface area contributed by atoms with E-state index in [1.165, 1.54) is 6.07 Å². The first kappa shape index (κ1) is 11.1. The van der Waals surface area contributed by atoms with E-state index in [1.54, 1.807) is 0 Å². The van der Waals surface area contributed by atoms with Crippen LogP contribution in [0.25, 0.3) is 0 Å². The van der Waals surface area contributed by atoms with Crippen molar-refractivity contribution in [3.05, 3.63) is 27.7 Å². The van der Waals surface area contributed by atoms with Crippen molar-refractivity contribution in [2.45, 2.75) is 6.18 Å². The number of Topliss-reactive ketones (excluding diaryl/α,β-unsaturated/α-hetero) is 1. The van der Waals surface area contributed by atoms with Crippen molar-refractivity contribution in [3.63, 3.8) is 0 Å². The number of anilines is 1. The Labute approximate surface area is 95.8 Å². The Kier molecular flexibility index (Phi) is 2.30. The standard InChI is InChI=1S/C9H3BrF3NO2/c10-3-1-4-6(14-8(16)7(4)15)5(2-3)9(11,12)13/h1-2H,(H,14,15,16). The Bertz CT molecular complexity index is 510. The first-order valence-corrected chi connectivity index (χ1v) is 4.86. The predicted octanol–water partition coefficient (Wildman–Crippen LogP) is 2.60. The molecular weight excluding hydrogens is 291 g/mol. The average Bonchev–Trinajstić information content (AvgIpc) is 2.42. The maximum atomic E-state index is 12.6. The zero-order chi connectivity index (χ0) is 12.1. The van der Waals surface area contributed by atoms with Crippen molar-refractivity contribution in [3.8, 4) is 0 Å². The van der Waals surface area contributed by atoms with Crippen LogP contribution in [0, 0.1) is 0 Å². The highest BCUT2D eigenvalue weighted by Crippen LogP contribution is 2.40. The van der Waals surface area contributed by atoms with Crippen molar-refractivity contribution < 1.29 is 22.8 Å². The van der Waals surface area contributed by atoms with Gasteiger partial charge in [-0.1, -0.05) is 15.9 Å². The van der Waals surface area contributed by atoms with Crippen molar-refractivity contribution in [2.75, 3.05) is 5.32 Å². The molecule has 1 aromatic carbocycles. The van der Waals surface area contributed by atoms with Crippen LogP contribution in [-0.2, 0) is 11.0 Å². The quantitative estimate of drug-likeness (QED) is 0.748. The third kappa shape index (κ3) is 1.60. The number of hydrogen-bond acceptors (Lipinski definition) is 2. The molecule has 1 aliphatic heterocycles. The van der Waals surface area contributed by atoms with Gasteiger partial charge in [-0.2, -0.15) is 13.2 Å². The molecule has 0 spiro atoms. The number of halogens is 4. The molecule has 3 nitrogen and oxygen atoms in total. The van der Waals surface area contributed by atoms with Crippen LogP contribution in [0.2, 0.25) is 0 Å². The Balaban J connectivity index is 2.72. The van der Waals surface area contributed by atoms with Gasteiger partial charge in [0.1, 0.15) is 0 Å². The van der Waals surface area contributed by atoms with E-state index >= 15 is 0 Å². The molecule has 0 aliphatic carbocycles. The second-order valence-corrected chi connectivity index (χ2v) is 4.07. The largest absolute Gasteiger partial charge is 0.418 e. The van der Waals surface area contributed by atoms with Crippen LogP contribution in [-0.4, -0.2) is 11.7 Å². The molecule has 1 amide bonds. The van der Waals surface area contributed by atoms with Crippen LogP contribution in [0.4, 0.5) is 18.9 Å². The van der Waals surface area contributed by atoms with Gasteiger partial charge in [0, 0.05) is 4.47 Å². The number of nitrogens with one attached hydrogen (secondary N) is 1. The average molecular weight is 294 g/mol. The minimum Gasteiger partial charge on any atom is -0.318 e. The topological polar surface area (TPSA) is 46.2 Å². The van der Waals surface area contributed by atoms with Crippen molar-refractivity contribution >= 4 is 33.3 Å². The number of hydrogen-bond donors (Lipinski definition) is 1. The molecule has 1 heterocycles. The molecule has 0 radical (unpaired) electrons. The summed E-state index contributed by atoms with van der Waals surface area (Å²) in [5.41, 5.74) is -1.76. The van der Waals surface area contributed by atoms with Crippen LogP contribution in [0.1, 0.15) is 15.9 Å². The Morgan fingerprint density at radius 3 is 2.38 bits per heavy atom. The van der Waals surface area contributed by atoms with E-state index in [-0.39, 0.29) is 10.0 Å². The third-order valence-corrected chi connectivity index (χ3v) is 2.56. The lowest BCUT2D eigenvalue weighted by Gasteiger charge is -2.11. The lowest BCUT2D eigenvalue weighted by atomic mass is 10.1. The number of benzene rings is 1. The molecule has 1 N–H and O–H groups in total. The zero-order valence-corrected chi connectivity index (χ0v) is 9.07. The molecule has 0 saturated heterocycles. The molecule has 0 fully saturated rings. The van der Waals surface area contributed by atoms with E-state index in [0.29, 0.717) is 0 Å². The van der Waals surface area contributed by atoms with Gasteiger partial charge >= 0.3 is 6.18 Å². The third-order valence-electron chi connectivity index (χ3n) is 2.10. The monoisotopic (exact) mass is 293 g/mol. The van der Waals surface area contributed by atoms with Crippen LogP contribution in [0.3, 0.4) is 0 Å². The first-order valence-electron chi connectivity index (χ1n) is 4.07. The molecule has 7 heteroatoms. The first-order chi connectivity index (χ1) is 7.30. The molecule has 84 valence electrons. The van der Waals surface area contributed by atoms with Crippen molar-refractivity contribution in [1.82, 2.24) is 0 Å². The Hall–Kier alpha value is -1.37. The van der Waals surface area contributed by atoms with E-state index < -0.39 is 29.1 Å². The van der Waals surface area contributed by atoms with Gasteiger partial charge in [0.25, 0.3) is 11.7 Å². The number of alkyl halides is 3. The molecular formula is C9H3BrF3NO2. The molecule has 2 rings (SSSR count). The summed E-state index contributed by atoms with van der Waals surface area (Å²) < 4.78 is 37.9. The summed E-state index contributed by atoms with van der Waals surface area (Å²) in [7, 11) is 0. The highest BCUT2D eigenvalue weighted by Gasteiger charge is 2.40. The smallest absolute Gasteiger partial charge is 0.318 e.